The van der Waals surface area contributed by atoms with Gasteiger partial charge >= 0.3 is 6.61 Å². The van der Waals surface area contributed by atoms with Crippen LogP contribution in [0.4, 0.5) is 8.78 Å². The van der Waals surface area contributed by atoms with Crippen molar-refractivity contribution in [2.45, 2.75) is 19.6 Å². The second-order valence-corrected chi connectivity index (χ2v) is 3.71. The Bertz CT molecular complexity index is 318. The van der Waals surface area contributed by atoms with E-state index in [1.165, 1.54) is 6.07 Å². The summed E-state index contributed by atoms with van der Waals surface area (Å²) in [7, 11) is 0. The zero-order valence-corrected chi connectivity index (χ0v) is 9.09. The highest BCUT2D eigenvalue weighted by molar-refractivity contribution is 9.10. The second-order valence-electron chi connectivity index (χ2n) is 2.86. The fourth-order valence-corrected chi connectivity index (χ4v) is 1.48. The predicted molar refractivity (Wildman–Crippen MR) is 53.4 cm³/mol. The van der Waals surface area contributed by atoms with E-state index in [0.717, 1.165) is 5.56 Å². The number of nitrogens with two attached hydrogens (primary N) is 1. The molecule has 2 N–H and O–H groups in total. The molecule has 0 saturated heterocycles. The highest BCUT2D eigenvalue weighted by atomic mass is 79.9. The third-order valence-electron chi connectivity index (χ3n) is 1.70. The molecule has 0 aliphatic rings. The first-order chi connectivity index (χ1) is 6.50. The SMILES string of the molecule is C[C@@H](N)c1ccc(OC(F)F)c(Br)c1. The Labute approximate surface area is 89.2 Å². The first-order valence-corrected chi connectivity index (χ1v) is 4.80. The van der Waals surface area contributed by atoms with E-state index in [0.29, 0.717) is 4.47 Å². The lowest BCUT2D eigenvalue weighted by atomic mass is 10.1. The summed E-state index contributed by atoms with van der Waals surface area (Å²) in [5, 5.41) is 0. The van der Waals surface area contributed by atoms with Gasteiger partial charge in [0.2, 0.25) is 0 Å². The summed E-state index contributed by atoms with van der Waals surface area (Å²) in [6, 6.07) is 4.66. The van der Waals surface area contributed by atoms with Crippen LogP contribution in [0.1, 0.15) is 18.5 Å². The Morgan fingerprint density at radius 2 is 2.07 bits per heavy atom. The molecule has 0 aliphatic carbocycles. The zero-order valence-electron chi connectivity index (χ0n) is 7.51. The zero-order chi connectivity index (χ0) is 10.7. The Morgan fingerprint density at radius 1 is 1.43 bits per heavy atom. The van der Waals surface area contributed by atoms with Crippen LogP contribution in [0, 0.1) is 0 Å². The van der Waals surface area contributed by atoms with Crippen LogP contribution in [0.3, 0.4) is 0 Å². The molecule has 0 amide bonds. The predicted octanol–water partition coefficient (Wildman–Crippen LogP) is 3.07. The van der Waals surface area contributed by atoms with Gasteiger partial charge in [-0.25, -0.2) is 0 Å². The molecule has 0 radical (unpaired) electrons. The smallest absolute Gasteiger partial charge is 0.387 e. The van der Waals surface area contributed by atoms with Crippen molar-refractivity contribution >= 4 is 15.9 Å². The number of ether oxygens (including phenoxy) is 1. The first kappa shape index (κ1) is 11.4. The van der Waals surface area contributed by atoms with E-state index in [-0.39, 0.29) is 11.8 Å². The molecule has 0 spiro atoms. The third-order valence-corrected chi connectivity index (χ3v) is 2.32. The molecule has 0 heterocycles. The summed E-state index contributed by atoms with van der Waals surface area (Å²) >= 11 is 3.13. The molecule has 1 atom stereocenters. The van der Waals surface area contributed by atoms with Gasteiger partial charge in [-0.05, 0) is 40.5 Å². The summed E-state index contributed by atoms with van der Waals surface area (Å²) in [5.74, 6) is 0.115. The molecule has 2 nitrogen and oxygen atoms in total. The van der Waals surface area contributed by atoms with E-state index in [1.54, 1.807) is 12.1 Å². The van der Waals surface area contributed by atoms with E-state index >= 15 is 0 Å². The van der Waals surface area contributed by atoms with Crippen molar-refractivity contribution in [3.05, 3.63) is 28.2 Å². The van der Waals surface area contributed by atoms with Crippen LogP contribution >= 0.6 is 15.9 Å². The van der Waals surface area contributed by atoms with E-state index < -0.39 is 6.61 Å². The fraction of sp³-hybridized carbons (Fsp3) is 0.333. The molecule has 0 unspecified atom stereocenters. The van der Waals surface area contributed by atoms with Gasteiger partial charge in [-0.2, -0.15) is 8.78 Å². The average Bonchev–Trinajstić information content (AvgIpc) is 2.07. The van der Waals surface area contributed by atoms with Crippen LogP contribution in [0.5, 0.6) is 5.75 Å². The van der Waals surface area contributed by atoms with Crippen LogP contribution in [0.15, 0.2) is 22.7 Å². The minimum absolute atomic E-state index is 0.115. The van der Waals surface area contributed by atoms with Crippen molar-refractivity contribution in [2.24, 2.45) is 5.73 Å². The van der Waals surface area contributed by atoms with Gasteiger partial charge in [-0.3, -0.25) is 0 Å². The Balaban J connectivity index is 2.90. The number of hydrogen-bond donors (Lipinski definition) is 1. The van der Waals surface area contributed by atoms with E-state index in [2.05, 4.69) is 20.7 Å². The van der Waals surface area contributed by atoms with Crippen molar-refractivity contribution in [2.75, 3.05) is 0 Å². The van der Waals surface area contributed by atoms with Crippen molar-refractivity contribution < 1.29 is 13.5 Å². The number of hydrogen-bond acceptors (Lipinski definition) is 2. The Hall–Kier alpha value is -0.680. The minimum atomic E-state index is -2.81. The quantitative estimate of drug-likeness (QED) is 0.912. The maximum absolute atomic E-state index is 11.9. The molecule has 0 fully saturated rings. The second kappa shape index (κ2) is 4.70. The normalized spacial score (nSPS) is 13.0. The molecule has 1 aromatic carbocycles. The molecule has 14 heavy (non-hydrogen) atoms. The van der Waals surface area contributed by atoms with E-state index in [1.807, 2.05) is 6.92 Å². The average molecular weight is 266 g/mol. The molecule has 5 heteroatoms. The molecule has 78 valence electrons. The summed E-state index contributed by atoms with van der Waals surface area (Å²) in [6.45, 7) is -0.998. The monoisotopic (exact) mass is 265 g/mol. The molecule has 1 rings (SSSR count). The molecular formula is C9H10BrF2NO. The van der Waals surface area contributed by atoms with Gasteiger partial charge in [0.1, 0.15) is 5.75 Å². The summed E-state index contributed by atoms with van der Waals surface area (Å²) in [6.07, 6.45) is 0. The van der Waals surface area contributed by atoms with Gasteiger partial charge in [0.05, 0.1) is 4.47 Å². The molecule has 0 aliphatic heterocycles. The van der Waals surface area contributed by atoms with Crippen LogP contribution in [-0.2, 0) is 0 Å². The number of alkyl halides is 2. The van der Waals surface area contributed by atoms with Gasteiger partial charge in [0.25, 0.3) is 0 Å². The molecule has 0 bridgehead atoms. The standard InChI is InChI=1S/C9H10BrF2NO/c1-5(13)6-2-3-8(7(10)4-6)14-9(11)12/h2-5,9H,13H2,1H3/t5-/m1/s1. The van der Waals surface area contributed by atoms with Crippen molar-refractivity contribution in [1.29, 1.82) is 0 Å². The largest absolute Gasteiger partial charge is 0.434 e. The molecular weight excluding hydrogens is 256 g/mol. The minimum Gasteiger partial charge on any atom is -0.434 e. The van der Waals surface area contributed by atoms with Gasteiger partial charge in [0, 0.05) is 6.04 Å². The summed E-state index contributed by atoms with van der Waals surface area (Å²) in [5.41, 5.74) is 6.48. The van der Waals surface area contributed by atoms with Gasteiger partial charge in [-0.1, -0.05) is 6.07 Å². The first-order valence-electron chi connectivity index (χ1n) is 4.00. The summed E-state index contributed by atoms with van der Waals surface area (Å²) < 4.78 is 28.5. The van der Waals surface area contributed by atoms with Crippen molar-refractivity contribution in [1.82, 2.24) is 0 Å². The van der Waals surface area contributed by atoms with Crippen LogP contribution < -0.4 is 10.5 Å². The fourth-order valence-electron chi connectivity index (χ4n) is 0.992. The number of rotatable bonds is 3. The maximum Gasteiger partial charge on any atom is 0.387 e. The maximum atomic E-state index is 11.9. The highest BCUT2D eigenvalue weighted by Crippen LogP contribution is 2.28. The molecule has 0 saturated carbocycles. The van der Waals surface area contributed by atoms with Crippen LogP contribution in [0.2, 0.25) is 0 Å². The van der Waals surface area contributed by atoms with Crippen LogP contribution in [-0.4, -0.2) is 6.61 Å². The highest BCUT2D eigenvalue weighted by Gasteiger charge is 2.09. The molecule has 0 aromatic heterocycles. The lowest BCUT2D eigenvalue weighted by Crippen LogP contribution is -2.06. The van der Waals surface area contributed by atoms with Gasteiger partial charge in [0.15, 0.2) is 0 Å². The number of halogens is 3. The topological polar surface area (TPSA) is 35.2 Å². The molecule has 1 aromatic rings. The lowest BCUT2D eigenvalue weighted by Gasteiger charge is -2.10. The Morgan fingerprint density at radius 3 is 2.50 bits per heavy atom. The van der Waals surface area contributed by atoms with Crippen molar-refractivity contribution in [3.8, 4) is 5.75 Å². The van der Waals surface area contributed by atoms with E-state index in [4.69, 9.17) is 5.73 Å². The number of benzene rings is 1. The summed E-state index contributed by atoms with van der Waals surface area (Å²) in [4.78, 5) is 0. The van der Waals surface area contributed by atoms with Crippen LogP contribution in [0.25, 0.3) is 0 Å². The lowest BCUT2D eigenvalue weighted by molar-refractivity contribution is -0.0503. The van der Waals surface area contributed by atoms with Gasteiger partial charge < -0.3 is 10.5 Å². The third kappa shape index (κ3) is 2.92. The van der Waals surface area contributed by atoms with Crippen molar-refractivity contribution in [3.63, 3.8) is 0 Å². The Kier molecular flexibility index (Phi) is 3.83. The van der Waals surface area contributed by atoms with E-state index in [9.17, 15) is 8.78 Å². The van der Waals surface area contributed by atoms with Gasteiger partial charge in [-0.15, -0.1) is 0 Å².